The molecule has 2 aromatic rings. The van der Waals surface area contributed by atoms with Gasteiger partial charge in [-0.1, -0.05) is 30.3 Å². The van der Waals surface area contributed by atoms with E-state index in [0.717, 1.165) is 55.0 Å². The Morgan fingerprint density at radius 3 is 2.50 bits per heavy atom. The number of hydrogen-bond donors (Lipinski definition) is 1. The van der Waals surface area contributed by atoms with E-state index in [-0.39, 0.29) is 24.2 Å². The number of carbonyl (C=O) groups excluding carboxylic acids is 2. The number of nitrogens with zero attached hydrogens (tertiary/aromatic N) is 2. The van der Waals surface area contributed by atoms with Crippen LogP contribution in [0.15, 0.2) is 48.5 Å². The average molecular weight is 398 g/mol. The van der Waals surface area contributed by atoms with Crippen LogP contribution in [0.25, 0.3) is 0 Å². The van der Waals surface area contributed by atoms with E-state index in [1.165, 1.54) is 0 Å². The van der Waals surface area contributed by atoms with Crippen LogP contribution in [-0.2, 0) is 21.5 Å². The van der Waals surface area contributed by atoms with Gasteiger partial charge in [-0.15, -0.1) is 12.4 Å². The van der Waals surface area contributed by atoms with E-state index in [4.69, 9.17) is 0 Å². The zero-order valence-electron chi connectivity index (χ0n) is 15.7. The molecular weight excluding hydrogens is 374 g/mol. The van der Waals surface area contributed by atoms with Crippen LogP contribution in [0.3, 0.4) is 0 Å². The van der Waals surface area contributed by atoms with Gasteiger partial charge in [-0.05, 0) is 48.7 Å². The number of para-hydroxylation sites is 1. The molecule has 2 aromatic carbocycles. The topological polar surface area (TPSA) is 52.7 Å². The standard InChI is InChI=1S/C22H23N3O2.ClH/c26-20-6-3-13-24(20)17-9-7-16(8-10-17)14-25-19-5-2-1-4-18(19)22(21(25)27)11-12-23-15-22;/h1-2,4-5,7-10,23H,3,6,11-15H2;1H. The summed E-state index contributed by atoms with van der Waals surface area (Å²) < 4.78 is 0. The van der Waals surface area contributed by atoms with Gasteiger partial charge in [0, 0.05) is 30.9 Å². The molecule has 6 heteroatoms. The summed E-state index contributed by atoms with van der Waals surface area (Å²) in [5.41, 5.74) is 3.81. The average Bonchev–Trinajstić information content (AvgIpc) is 3.40. The van der Waals surface area contributed by atoms with Crippen molar-refractivity contribution in [2.45, 2.75) is 31.2 Å². The van der Waals surface area contributed by atoms with Crippen LogP contribution in [0.4, 0.5) is 11.4 Å². The fourth-order valence-electron chi connectivity index (χ4n) is 4.74. The Morgan fingerprint density at radius 2 is 1.82 bits per heavy atom. The zero-order chi connectivity index (χ0) is 18.4. The summed E-state index contributed by atoms with van der Waals surface area (Å²) in [7, 11) is 0. The summed E-state index contributed by atoms with van der Waals surface area (Å²) in [6.07, 6.45) is 2.42. The second-order valence-corrected chi connectivity index (χ2v) is 7.73. The van der Waals surface area contributed by atoms with Gasteiger partial charge < -0.3 is 15.1 Å². The van der Waals surface area contributed by atoms with E-state index in [2.05, 4.69) is 17.4 Å². The lowest BCUT2D eigenvalue weighted by molar-refractivity contribution is -0.122. The molecule has 0 aliphatic carbocycles. The van der Waals surface area contributed by atoms with Gasteiger partial charge in [0.2, 0.25) is 11.8 Å². The number of rotatable bonds is 3. The minimum absolute atomic E-state index is 0. The molecule has 3 aliphatic rings. The number of halogens is 1. The van der Waals surface area contributed by atoms with Crippen molar-refractivity contribution in [1.82, 2.24) is 5.32 Å². The number of fused-ring (bicyclic) bond motifs is 2. The van der Waals surface area contributed by atoms with Gasteiger partial charge in [-0.3, -0.25) is 9.59 Å². The van der Waals surface area contributed by atoms with Gasteiger partial charge >= 0.3 is 0 Å². The van der Waals surface area contributed by atoms with Gasteiger partial charge in [0.05, 0.1) is 12.0 Å². The molecule has 0 saturated carbocycles. The monoisotopic (exact) mass is 397 g/mol. The smallest absolute Gasteiger partial charge is 0.239 e. The summed E-state index contributed by atoms with van der Waals surface area (Å²) in [5, 5.41) is 3.37. The Morgan fingerprint density at radius 1 is 1.04 bits per heavy atom. The molecule has 1 spiro atoms. The fraction of sp³-hybridized carbons (Fsp3) is 0.364. The summed E-state index contributed by atoms with van der Waals surface area (Å²) >= 11 is 0. The maximum atomic E-state index is 13.3. The van der Waals surface area contributed by atoms with Gasteiger partial charge in [0.15, 0.2) is 0 Å². The molecule has 1 atom stereocenters. The van der Waals surface area contributed by atoms with E-state index in [1.54, 1.807) is 0 Å². The molecule has 0 radical (unpaired) electrons. The Balaban J connectivity index is 0.00000192. The van der Waals surface area contributed by atoms with Crippen molar-refractivity contribution in [2.24, 2.45) is 0 Å². The molecule has 1 unspecified atom stereocenters. The fourth-order valence-corrected chi connectivity index (χ4v) is 4.74. The van der Waals surface area contributed by atoms with E-state index < -0.39 is 5.41 Å². The van der Waals surface area contributed by atoms with Crippen LogP contribution >= 0.6 is 12.4 Å². The Hall–Kier alpha value is -2.37. The quantitative estimate of drug-likeness (QED) is 0.866. The lowest BCUT2D eigenvalue weighted by Crippen LogP contribution is -2.41. The van der Waals surface area contributed by atoms with Crippen molar-refractivity contribution >= 4 is 35.6 Å². The van der Waals surface area contributed by atoms with Crippen LogP contribution in [0.5, 0.6) is 0 Å². The second-order valence-electron chi connectivity index (χ2n) is 7.73. The van der Waals surface area contributed by atoms with Crippen molar-refractivity contribution in [3.05, 3.63) is 59.7 Å². The van der Waals surface area contributed by atoms with Gasteiger partial charge in [-0.25, -0.2) is 0 Å². The van der Waals surface area contributed by atoms with Crippen molar-refractivity contribution in [3.63, 3.8) is 0 Å². The molecule has 146 valence electrons. The first-order valence-electron chi connectivity index (χ1n) is 9.71. The molecule has 3 heterocycles. The second kappa shape index (κ2) is 7.22. The maximum Gasteiger partial charge on any atom is 0.239 e. The lowest BCUT2D eigenvalue weighted by atomic mass is 9.81. The number of benzene rings is 2. The molecule has 1 N–H and O–H groups in total. The van der Waals surface area contributed by atoms with Crippen molar-refractivity contribution in [3.8, 4) is 0 Å². The highest BCUT2D eigenvalue weighted by atomic mass is 35.5. The minimum Gasteiger partial charge on any atom is -0.315 e. The van der Waals surface area contributed by atoms with Gasteiger partial charge in [0.25, 0.3) is 0 Å². The normalized spacial score (nSPS) is 23.4. The Labute approximate surface area is 171 Å². The van der Waals surface area contributed by atoms with E-state index in [1.807, 2.05) is 46.2 Å². The molecule has 2 saturated heterocycles. The van der Waals surface area contributed by atoms with Gasteiger partial charge in [-0.2, -0.15) is 0 Å². The number of nitrogens with one attached hydrogen (secondary N) is 1. The third kappa shape index (κ3) is 2.81. The Bertz CT molecular complexity index is 906. The van der Waals surface area contributed by atoms with Crippen molar-refractivity contribution in [1.29, 1.82) is 0 Å². The summed E-state index contributed by atoms with van der Waals surface area (Å²) in [5.74, 6) is 0.398. The highest BCUT2D eigenvalue weighted by molar-refractivity contribution is 6.08. The highest BCUT2D eigenvalue weighted by Crippen LogP contribution is 2.45. The molecular formula is C22H24ClN3O2. The molecule has 0 aromatic heterocycles. The zero-order valence-corrected chi connectivity index (χ0v) is 16.5. The molecule has 0 bridgehead atoms. The van der Waals surface area contributed by atoms with Crippen molar-refractivity contribution in [2.75, 3.05) is 29.4 Å². The summed E-state index contributed by atoms with van der Waals surface area (Å²) in [4.78, 5) is 29.0. The third-order valence-electron chi connectivity index (χ3n) is 6.18. The Kier molecular flexibility index (Phi) is 4.89. The molecule has 5 nitrogen and oxygen atoms in total. The highest BCUT2D eigenvalue weighted by Gasteiger charge is 2.52. The number of carbonyl (C=O) groups is 2. The largest absolute Gasteiger partial charge is 0.315 e. The number of amides is 2. The van der Waals surface area contributed by atoms with E-state index in [0.29, 0.717) is 13.0 Å². The number of anilines is 2. The maximum absolute atomic E-state index is 13.3. The predicted molar refractivity (Wildman–Crippen MR) is 112 cm³/mol. The summed E-state index contributed by atoms with van der Waals surface area (Å²) in [6, 6.07) is 16.2. The third-order valence-corrected chi connectivity index (χ3v) is 6.18. The first kappa shape index (κ1) is 19.0. The van der Waals surface area contributed by atoms with Crippen LogP contribution < -0.4 is 15.1 Å². The first-order chi connectivity index (χ1) is 13.2. The molecule has 28 heavy (non-hydrogen) atoms. The predicted octanol–water partition coefficient (Wildman–Crippen LogP) is 3.01. The lowest BCUT2D eigenvalue weighted by Gasteiger charge is -2.23. The van der Waals surface area contributed by atoms with E-state index in [9.17, 15) is 9.59 Å². The van der Waals surface area contributed by atoms with Crippen LogP contribution in [0.1, 0.15) is 30.4 Å². The van der Waals surface area contributed by atoms with Crippen LogP contribution in [0.2, 0.25) is 0 Å². The van der Waals surface area contributed by atoms with Gasteiger partial charge in [0.1, 0.15) is 0 Å². The van der Waals surface area contributed by atoms with E-state index >= 15 is 0 Å². The molecule has 2 fully saturated rings. The minimum atomic E-state index is -0.404. The summed E-state index contributed by atoms with van der Waals surface area (Å²) in [6.45, 7) is 2.96. The molecule has 2 amide bonds. The van der Waals surface area contributed by atoms with Crippen LogP contribution in [-0.4, -0.2) is 31.4 Å². The SMILES string of the molecule is Cl.O=C1CCCN1c1ccc(CN2C(=O)C3(CCNC3)c3ccccc32)cc1. The van der Waals surface area contributed by atoms with Crippen LogP contribution in [0, 0.1) is 0 Å². The molecule has 3 aliphatic heterocycles. The number of hydrogen-bond acceptors (Lipinski definition) is 3. The van der Waals surface area contributed by atoms with Crippen molar-refractivity contribution < 1.29 is 9.59 Å². The molecule has 5 rings (SSSR count). The first-order valence-corrected chi connectivity index (χ1v) is 9.71.